The first-order chi connectivity index (χ1) is 11.6. The van der Waals surface area contributed by atoms with Crippen molar-refractivity contribution in [1.29, 1.82) is 0 Å². The van der Waals surface area contributed by atoms with Crippen LogP contribution in [0, 0.1) is 5.82 Å². The maximum absolute atomic E-state index is 13.9. The summed E-state index contributed by atoms with van der Waals surface area (Å²) in [4.78, 5) is 4.38. The average molecular weight is 372 g/mol. The van der Waals surface area contributed by atoms with Crippen molar-refractivity contribution in [1.82, 2.24) is 15.1 Å². The first kappa shape index (κ1) is 17.9. The van der Waals surface area contributed by atoms with E-state index in [0.29, 0.717) is 17.1 Å². The fraction of sp³-hybridized carbons (Fsp3) is 0.588. The lowest BCUT2D eigenvalue weighted by molar-refractivity contribution is 0.112. The molecular formula is C17H23ClFN3OS. The van der Waals surface area contributed by atoms with Crippen LogP contribution in [0.1, 0.15) is 18.4 Å². The molecule has 0 amide bonds. The van der Waals surface area contributed by atoms with Gasteiger partial charge in [-0.15, -0.1) is 0 Å². The van der Waals surface area contributed by atoms with E-state index in [4.69, 9.17) is 28.6 Å². The van der Waals surface area contributed by atoms with Gasteiger partial charge in [0, 0.05) is 56.5 Å². The number of hydrogen-bond acceptors (Lipinski definition) is 3. The maximum atomic E-state index is 13.9. The Bertz CT molecular complexity index is 555. The van der Waals surface area contributed by atoms with Crippen LogP contribution in [-0.4, -0.2) is 60.3 Å². The fourth-order valence-corrected chi connectivity index (χ4v) is 3.62. The Balaban J connectivity index is 1.44. The van der Waals surface area contributed by atoms with Crippen LogP contribution in [0.15, 0.2) is 18.2 Å². The summed E-state index contributed by atoms with van der Waals surface area (Å²) in [5.74, 6) is -0.237. The molecule has 2 heterocycles. The molecule has 0 bridgehead atoms. The minimum Gasteiger partial charge on any atom is -0.376 e. The average Bonchev–Trinajstić information content (AvgIpc) is 3.10. The highest BCUT2D eigenvalue weighted by atomic mass is 35.5. The highest BCUT2D eigenvalue weighted by molar-refractivity contribution is 7.80. The molecule has 1 atom stereocenters. The molecule has 2 saturated heterocycles. The molecule has 0 radical (unpaired) electrons. The molecule has 2 aliphatic heterocycles. The Morgan fingerprint density at radius 2 is 2.12 bits per heavy atom. The van der Waals surface area contributed by atoms with E-state index in [1.54, 1.807) is 12.1 Å². The Labute approximate surface area is 152 Å². The molecular weight excluding hydrogens is 349 g/mol. The van der Waals surface area contributed by atoms with Gasteiger partial charge in [0.1, 0.15) is 5.82 Å². The van der Waals surface area contributed by atoms with Gasteiger partial charge in [-0.2, -0.15) is 0 Å². The molecule has 4 nitrogen and oxygen atoms in total. The van der Waals surface area contributed by atoms with E-state index < -0.39 is 0 Å². The number of hydrogen-bond donors (Lipinski definition) is 1. The lowest BCUT2D eigenvalue weighted by atomic mass is 10.2. The van der Waals surface area contributed by atoms with Gasteiger partial charge in [-0.3, -0.25) is 4.90 Å². The van der Waals surface area contributed by atoms with Crippen LogP contribution in [-0.2, 0) is 11.3 Å². The quantitative estimate of drug-likeness (QED) is 0.821. The summed E-state index contributed by atoms with van der Waals surface area (Å²) in [6.45, 7) is 5.53. The number of thiocarbonyl (C=S) groups is 1. The highest BCUT2D eigenvalue weighted by Crippen LogP contribution is 2.21. The van der Waals surface area contributed by atoms with Crippen molar-refractivity contribution in [2.45, 2.75) is 25.5 Å². The van der Waals surface area contributed by atoms with Crippen LogP contribution in [0.3, 0.4) is 0 Å². The zero-order valence-electron chi connectivity index (χ0n) is 13.6. The summed E-state index contributed by atoms with van der Waals surface area (Å²) in [6.07, 6.45) is 2.52. The van der Waals surface area contributed by atoms with E-state index in [2.05, 4.69) is 15.1 Å². The first-order valence-corrected chi connectivity index (χ1v) is 9.22. The van der Waals surface area contributed by atoms with Crippen molar-refractivity contribution in [2.75, 3.05) is 39.3 Å². The van der Waals surface area contributed by atoms with Crippen LogP contribution in [0.2, 0.25) is 5.02 Å². The smallest absolute Gasteiger partial charge is 0.169 e. The van der Waals surface area contributed by atoms with Crippen LogP contribution < -0.4 is 5.32 Å². The molecule has 2 aliphatic rings. The van der Waals surface area contributed by atoms with Crippen LogP contribution in [0.5, 0.6) is 0 Å². The second-order valence-electron chi connectivity index (χ2n) is 6.28. The Morgan fingerprint density at radius 3 is 2.79 bits per heavy atom. The normalized spacial score (nSPS) is 21.9. The Hall–Kier alpha value is -0.950. The van der Waals surface area contributed by atoms with Crippen LogP contribution in [0.25, 0.3) is 0 Å². The van der Waals surface area contributed by atoms with E-state index >= 15 is 0 Å². The first-order valence-electron chi connectivity index (χ1n) is 8.43. The van der Waals surface area contributed by atoms with Gasteiger partial charge in [0.25, 0.3) is 0 Å². The third-order valence-electron chi connectivity index (χ3n) is 4.61. The van der Waals surface area contributed by atoms with Crippen molar-refractivity contribution in [3.05, 3.63) is 34.6 Å². The third-order valence-corrected chi connectivity index (χ3v) is 5.36. The molecule has 7 heteroatoms. The summed E-state index contributed by atoms with van der Waals surface area (Å²) < 4.78 is 19.5. The van der Waals surface area contributed by atoms with Crippen LogP contribution >= 0.6 is 23.8 Å². The maximum Gasteiger partial charge on any atom is 0.169 e. The van der Waals surface area contributed by atoms with Gasteiger partial charge in [0.15, 0.2) is 5.11 Å². The summed E-state index contributed by atoms with van der Waals surface area (Å²) in [5.41, 5.74) is 0.576. The van der Waals surface area contributed by atoms with E-state index in [0.717, 1.165) is 57.3 Å². The van der Waals surface area contributed by atoms with E-state index in [9.17, 15) is 4.39 Å². The lowest BCUT2D eigenvalue weighted by Crippen LogP contribution is -2.52. The second kappa shape index (κ2) is 8.43. The number of benzene rings is 1. The minimum atomic E-state index is -0.237. The molecule has 0 saturated carbocycles. The summed E-state index contributed by atoms with van der Waals surface area (Å²) in [6, 6.07) is 4.83. The second-order valence-corrected chi connectivity index (χ2v) is 7.08. The molecule has 1 unspecified atom stereocenters. The topological polar surface area (TPSA) is 27.7 Å². The van der Waals surface area contributed by atoms with E-state index in [-0.39, 0.29) is 11.9 Å². The van der Waals surface area contributed by atoms with Crippen molar-refractivity contribution in [3.63, 3.8) is 0 Å². The van der Waals surface area contributed by atoms with Gasteiger partial charge in [0.2, 0.25) is 0 Å². The van der Waals surface area contributed by atoms with Crippen molar-refractivity contribution in [2.24, 2.45) is 0 Å². The minimum absolute atomic E-state index is 0.237. The monoisotopic (exact) mass is 371 g/mol. The molecule has 24 heavy (non-hydrogen) atoms. The third kappa shape index (κ3) is 4.57. The molecule has 0 spiro atoms. The molecule has 3 rings (SSSR count). The highest BCUT2D eigenvalue weighted by Gasteiger charge is 2.22. The summed E-state index contributed by atoms with van der Waals surface area (Å²) in [5, 5.41) is 4.59. The number of nitrogens with one attached hydrogen (secondary N) is 1. The van der Waals surface area contributed by atoms with Gasteiger partial charge in [-0.25, -0.2) is 4.39 Å². The number of rotatable bonds is 4. The number of ether oxygens (including phenoxy) is 1. The van der Waals surface area contributed by atoms with Gasteiger partial charge in [-0.1, -0.05) is 17.7 Å². The van der Waals surface area contributed by atoms with Gasteiger partial charge in [0.05, 0.1) is 6.10 Å². The summed E-state index contributed by atoms with van der Waals surface area (Å²) in [7, 11) is 0. The molecule has 1 N–H and O–H groups in total. The molecule has 1 aromatic carbocycles. The van der Waals surface area contributed by atoms with Crippen molar-refractivity contribution < 1.29 is 9.13 Å². The summed E-state index contributed by atoms with van der Waals surface area (Å²) >= 11 is 11.6. The van der Waals surface area contributed by atoms with Gasteiger partial charge < -0.3 is 15.0 Å². The predicted molar refractivity (Wildman–Crippen MR) is 97.8 cm³/mol. The molecule has 0 aromatic heterocycles. The SMILES string of the molecule is Fc1cccc(Cl)c1CN1CCN(C(=S)NCC2CCCO2)CC1. The number of halogens is 2. The van der Waals surface area contributed by atoms with Crippen LogP contribution in [0.4, 0.5) is 4.39 Å². The van der Waals surface area contributed by atoms with Crippen molar-refractivity contribution in [3.8, 4) is 0 Å². The van der Waals surface area contributed by atoms with Gasteiger partial charge in [-0.05, 0) is 37.2 Å². The van der Waals surface area contributed by atoms with Gasteiger partial charge >= 0.3 is 0 Å². The Morgan fingerprint density at radius 1 is 1.33 bits per heavy atom. The zero-order chi connectivity index (χ0) is 16.9. The standard InChI is InChI=1S/C17H23ClFN3OS/c18-15-4-1-5-16(19)14(15)12-21-6-8-22(9-7-21)17(24)20-11-13-3-2-10-23-13/h1,4-5,13H,2-3,6-12H2,(H,20,24). The molecule has 2 fully saturated rings. The molecule has 0 aliphatic carbocycles. The molecule has 1 aromatic rings. The van der Waals surface area contributed by atoms with Crippen molar-refractivity contribution >= 4 is 28.9 Å². The van der Waals surface area contributed by atoms with E-state index in [1.807, 2.05) is 0 Å². The molecule has 132 valence electrons. The predicted octanol–water partition coefficient (Wildman–Crippen LogP) is 2.65. The zero-order valence-corrected chi connectivity index (χ0v) is 15.2. The van der Waals surface area contributed by atoms with E-state index in [1.165, 1.54) is 6.07 Å². The number of nitrogens with zero attached hydrogens (tertiary/aromatic N) is 2. The fourth-order valence-electron chi connectivity index (χ4n) is 3.13. The number of piperazine rings is 1. The largest absolute Gasteiger partial charge is 0.376 e. The lowest BCUT2D eigenvalue weighted by Gasteiger charge is -2.36. The Kier molecular flexibility index (Phi) is 6.27.